The lowest BCUT2D eigenvalue weighted by Crippen LogP contribution is -2.09. The first-order chi connectivity index (χ1) is 17.6. The molecule has 0 bridgehead atoms. The highest BCUT2D eigenvalue weighted by molar-refractivity contribution is 6.07. The van der Waals surface area contributed by atoms with E-state index < -0.39 is 11.6 Å². The molecule has 0 aliphatic rings. The van der Waals surface area contributed by atoms with Crippen LogP contribution in [0.25, 0.3) is 43.9 Å². The van der Waals surface area contributed by atoms with E-state index in [0.29, 0.717) is 38.9 Å². The van der Waals surface area contributed by atoms with Crippen LogP contribution in [0.4, 0.5) is 4.39 Å². The van der Waals surface area contributed by atoms with Gasteiger partial charge in [0, 0.05) is 28.0 Å². The Balaban J connectivity index is 1.41. The minimum Gasteiger partial charge on any atom is -0.457 e. The molecule has 4 aromatic carbocycles. The SMILES string of the molecule is O=C(OCc1cc(=O)oc2ccc3ccccc3c12)c1cc(-c2ccc(F)cc2)nc2ccccc12. The van der Waals surface area contributed by atoms with Gasteiger partial charge in [0.1, 0.15) is 18.0 Å². The van der Waals surface area contributed by atoms with Crippen molar-refractivity contribution in [2.75, 3.05) is 0 Å². The Morgan fingerprint density at radius 2 is 1.61 bits per heavy atom. The number of fused-ring (bicyclic) bond motifs is 4. The Morgan fingerprint density at radius 3 is 2.44 bits per heavy atom. The number of para-hydroxylation sites is 1. The molecular weight excluding hydrogens is 457 g/mol. The van der Waals surface area contributed by atoms with Crippen LogP contribution in [0.3, 0.4) is 0 Å². The molecule has 6 rings (SSSR count). The molecule has 0 saturated carbocycles. The number of carbonyl (C=O) groups is 1. The molecule has 0 aliphatic carbocycles. The summed E-state index contributed by atoms with van der Waals surface area (Å²) in [5, 5.41) is 3.25. The van der Waals surface area contributed by atoms with Crippen molar-refractivity contribution >= 4 is 38.6 Å². The molecule has 0 spiro atoms. The molecule has 6 heteroatoms. The quantitative estimate of drug-likeness (QED) is 0.162. The number of ether oxygens (including phenoxy) is 1. The lowest BCUT2D eigenvalue weighted by atomic mass is 10.0. The summed E-state index contributed by atoms with van der Waals surface area (Å²) in [5.41, 5.74) is 2.62. The average molecular weight is 475 g/mol. The molecule has 2 aromatic heterocycles. The van der Waals surface area contributed by atoms with E-state index in [1.54, 1.807) is 36.4 Å². The molecule has 36 heavy (non-hydrogen) atoms. The fourth-order valence-corrected chi connectivity index (χ4v) is 4.47. The van der Waals surface area contributed by atoms with E-state index in [-0.39, 0.29) is 12.4 Å². The summed E-state index contributed by atoms with van der Waals surface area (Å²) in [6, 6.07) is 27.6. The smallest absolute Gasteiger partial charge is 0.339 e. The fourth-order valence-electron chi connectivity index (χ4n) is 4.47. The summed E-state index contributed by atoms with van der Waals surface area (Å²) in [5.74, 6) is -0.912. The van der Waals surface area contributed by atoms with Crippen molar-refractivity contribution in [2.24, 2.45) is 0 Å². The Kier molecular flexibility index (Phi) is 5.26. The number of carbonyl (C=O) groups excluding carboxylic acids is 1. The Labute approximate surface area is 204 Å². The maximum absolute atomic E-state index is 13.4. The van der Waals surface area contributed by atoms with Gasteiger partial charge in [-0.3, -0.25) is 0 Å². The largest absolute Gasteiger partial charge is 0.457 e. The van der Waals surface area contributed by atoms with Crippen LogP contribution in [0.1, 0.15) is 15.9 Å². The lowest BCUT2D eigenvalue weighted by Gasteiger charge is -2.12. The molecule has 0 radical (unpaired) electrons. The summed E-state index contributed by atoms with van der Waals surface area (Å²) in [7, 11) is 0. The van der Waals surface area contributed by atoms with Crippen molar-refractivity contribution in [3.05, 3.63) is 124 Å². The molecule has 0 saturated heterocycles. The van der Waals surface area contributed by atoms with Crippen LogP contribution in [0.2, 0.25) is 0 Å². The van der Waals surface area contributed by atoms with Gasteiger partial charge < -0.3 is 9.15 Å². The second kappa shape index (κ2) is 8.74. The van der Waals surface area contributed by atoms with Crippen LogP contribution in [-0.4, -0.2) is 11.0 Å². The standard InChI is InChI=1S/C30H18FNO4/c31-21-12-9-19(10-13-21)26-16-24(23-7-3-4-8-25(23)32-26)30(34)35-17-20-15-28(33)36-27-14-11-18-5-1-2-6-22(18)29(20)27/h1-16H,17H2. The summed E-state index contributed by atoms with van der Waals surface area (Å²) in [4.78, 5) is 30.2. The number of pyridine rings is 1. The molecular formula is C30H18FNO4. The van der Waals surface area contributed by atoms with Gasteiger partial charge in [-0.25, -0.2) is 19.0 Å². The summed E-state index contributed by atoms with van der Waals surface area (Å²) in [6.45, 7) is -0.114. The predicted octanol–water partition coefficient (Wildman–Crippen LogP) is 6.66. The molecule has 0 aliphatic heterocycles. The van der Waals surface area contributed by atoms with Gasteiger partial charge in [-0.2, -0.15) is 0 Å². The van der Waals surface area contributed by atoms with Gasteiger partial charge >= 0.3 is 11.6 Å². The number of aromatic nitrogens is 1. The summed E-state index contributed by atoms with van der Waals surface area (Å²) in [6.07, 6.45) is 0. The summed E-state index contributed by atoms with van der Waals surface area (Å²) < 4.78 is 24.6. The lowest BCUT2D eigenvalue weighted by molar-refractivity contribution is 0.0476. The second-order valence-corrected chi connectivity index (χ2v) is 8.41. The van der Waals surface area contributed by atoms with E-state index in [2.05, 4.69) is 4.98 Å². The van der Waals surface area contributed by atoms with Gasteiger partial charge in [-0.15, -0.1) is 0 Å². The number of esters is 1. The maximum Gasteiger partial charge on any atom is 0.339 e. The molecule has 5 nitrogen and oxygen atoms in total. The highest BCUT2D eigenvalue weighted by atomic mass is 19.1. The number of hydrogen-bond donors (Lipinski definition) is 0. The van der Waals surface area contributed by atoms with Crippen LogP contribution in [0.15, 0.2) is 106 Å². The second-order valence-electron chi connectivity index (χ2n) is 8.41. The number of nitrogens with zero attached hydrogens (tertiary/aromatic N) is 1. The monoisotopic (exact) mass is 475 g/mol. The van der Waals surface area contributed by atoms with E-state index in [1.165, 1.54) is 18.2 Å². The Morgan fingerprint density at radius 1 is 0.861 bits per heavy atom. The first kappa shape index (κ1) is 21.7. The zero-order valence-electron chi connectivity index (χ0n) is 18.9. The Hall–Kier alpha value is -4.84. The van der Waals surface area contributed by atoms with Crippen molar-refractivity contribution in [2.45, 2.75) is 6.61 Å². The number of halogens is 1. The zero-order valence-corrected chi connectivity index (χ0v) is 18.9. The Bertz CT molecular complexity index is 1840. The third-order valence-electron chi connectivity index (χ3n) is 6.15. The molecule has 2 heterocycles. The first-order valence-electron chi connectivity index (χ1n) is 11.3. The van der Waals surface area contributed by atoms with E-state index in [1.807, 2.05) is 42.5 Å². The molecule has 0 fully saturated rings. The highest BCUT2D eigenvalue weighted by Gasteiger charge is 2.17. The molecule has 174 valence electrons. The topological polar surface area (TPSA) is 69.4 Å². The van der Waals surface area contributed by atoms with E-state index in [0.717, 1.165) is 16.2 Å². The number of hydrogen-bond acceptors (Lipinski definition) is 5. The van der Waals surface area contributed by atoms with Crippen LogP contribution < -0.4 is 5.63 Å². The summed E-state index contributed by atoms with van der Waals surface area (Å²) >= 11 is 0. The predicted molar refractivity (Wildman–Crippen MR) is 136 cm³/mol. The van der Waals surface area contributed by atoms with Crippen molar-refractivity contribution in [3.8, 4) is 11.3 Å². The molecule has 6 aromatic rings. The van der Waals surface area contributed by atoms with Crippen molar-refractivity contribution in [1.82, 2.24) is 4.98 Å². The fraction of sp³-hybridized carbons (Fsp3) is 0.0333. The van der Waals surface area contributed by atoms with Crippen LogP contribution in [-0.2, 0) is 11.3 Å². The van der Waals surface area contributed by atoms with Gasteiger partial charge in [-0.1, -0.05) is 48.5 Å². The number of benzene rings is 4. The number of rotatable bonds is 4. The van der Waals surface area contributed by atoms with Gasteiger partial charge in [0.15, 0.2) is 0 Å². The third-order valence-corrected chi connectivity index (χ3v) is 6.15. The van der Waals surface area contributed by atoms with Gasteiger partial charge in [-0.05, 0) is 53.2 Å². The van der Waals surface area contributed by atoms with Gasteiger partial charge in [0.05, 0.1) is 16.8 Å². The van der Waals surface area contributed by atoms with Crippen LogP contribution in [0, 0.1) is 5.82 Å². The van der Waals surface area contributed by atoms with Crippen LogP contribution in [0.5, 0.6) is 0 Å². The van der Waals surface area contributed by atoms with Crippen molar-refractivity contribution < 1.29 is 18.3 Å². The van der Waals surface area contributed by atoms with E-state index in [4.69, 9.17) is 9.15 Å². The highest BCUT2D eigenvalue weighted by Crippen LogP contribution is 2.29. The van der Waals surface area contributed by atoms with Gasteiger partial charge in [0.25, 0.3) is 0 Å². The minimum absolute atomic E-state index is 0.114. The van der Waals surface area contributed by atoms with Crippen LogP contribution >= 0.6 is 0 Å². The molecule has 0 atom stereocenters. The normalized spacial score (nSPS) is 11.2. The zero-order chi connectivity index (χ0) is 24.6. The third kappa shape index (κ3) is 3.88. The van der Waals surface area contributed by atoms with E-state index in [9.17, 15) is 14.0 Å². The van der Waals surface area contributed by atoms with Crippen molar-refractivity contribution in [1.29, 1.82) is 0 Å². The van der Waals surface area contributed by atoms with Gasteiger partial charge in [0.2, 0.25) is 0 Å². The van der Waals surface area contributed by atoms with Crippen molar-refractivity contribution in [3.63, 3.8) is 0 Å². The molecule has 0 N–H and O–H groups in total. The first-order valence-corrected chi connectivity index (χ1v) is 11.3. The maximum atomic E-state index is 13.4. The molecule has 0 amide bonds. The molecule has 0 unspecified atom stereocenters. The average Bonchev–Trinajstić information content (AvgIpc) is 2.91. The minimum atomic E-state index is -0.557. The van der Waals surface area contributed by atoms with E-state index >= 15 is 0 Å².